The number of carboxylic acid groups (broad SMARTS) is 1. The molecule has 100 valence electrons. The van der Waals surface area contributed by atoms with Crippen molar-refractivity contribution in [2.24, 2.45) is 5.92 Å². The number of hydrogen-bond acceptors (Lipinski definition) is 2. The van der Waals surface area contributed by atoms with Crippen LogP contribution < -0.4 is 5.32 Å². The van der Waals surface area contributed by atoms with E-state index in [1.165, 1.54) is 0 Å². The standard InChI is InChI=1S/C12H24N2O3/c1-4-10(3)9-14(5-2)12(17)13-8-6-7-11(15)16/h10H,4-9H2,1-3H3,(H,13,17)(H,15,16). The summed E-state index contributed by atoms with van der Waals surface area (Å²) in [5.41, 5.74) is 0. The minimum Gasteiger partial charge on any atom is -0.481 e. The zero-order chi connectivity index (χ0) is 13.3. The monoisotopic (exact) mass is 244 g/mol. The third-order valence-corrected chi connectivity index (χ3v) is 2.74. The van der Waals surface area contributed by atoms with Crippen LogP contribution in [0, 0.1) is 5.92 Å². The number of carboxylic acids is 1. The van der Waals surface area contributed by atoms with Crippen molar-refractivity contribution in [1.82, 2.24) is 10.2 Å². The zero-order valence-corrected chi connectivity index (χ0v) is 11.0. The lowest BCUT2D eigenvalue weighted by Gasteiger charge is -2.24. The molecule has 0 rings (SSSR count). The van der Waals surface area contributed by atoms with Gasteiger partial charge < -0.3 is 15.3 Å². The van der Waals surface area contributed by atoms with Crippen LogP contribution in [0.1, 0.15) is 40.0 Å². The molecule has 0 aliphatic rings. The summed E-state index contributed by atoms with van der Waals surface area (Å²) in [7, 11) is 0. The van der Waals surface area contributed by atoms with Crippen molar-refractivity contribution in [1.29, 1.82) is 0 Å². The minimum atomic E-state index is -0.828. The summed E-state index contributed by atoms with van der Waals surface area (Å²) >= 11 is 0. The van der Waals surface area contributed by atoms with Gasteiger partial charge in [0.05, 0.1) is 0 Å². The third kappa shape index (κ3) is 7.60. The van der Waals surface area contributed by atoms with Crippen LogP contribution in [0.2, 0.25) is 0 Å². The van der Waals surface area contributed by atoms with Crippen LogP contribution >= 0.6 is 0 Å². The normalized spacial score (nSPS) is 11.9. The Labute approximate surface area is 103 Å². The molecule has 0 radical (unpaired) electrons. The van der Waals surface area contributed by atoms with Crippen LogP contribution in [-0.2, 0) is 4.79 Å². The summed E-state index contributed by atoms with van der Waals surface area (Å²) in [6, 6.07) is -0.0989. The van der Waals surface area contributed by atoms with Crippen molar-refractivity contribution in [3.63, 3.8) is 0 Å². The molecule has 2 N–H and O–H groups in total. The maximum Gasteiger partial charge on any atom is 0.317 e. The average molecular weight is 244 g/mol. The van der Waals surface area contributed by atoms with Crippen LogP contribution in [0.4, 0.5) is 4.79 Å². The van der Waals surface area contributed by atoms with E-state index in [1.54, 1.807) is 4.90 Å². The molecule has 5 heteroatoms. The van der Waals surface area contributed by atoms with E-state index in [0.29, 0.717) is 25.4 Å². The highest BCUT2D eigenvalue weighted by Gasteiger charge is 2.13. The first-order valence-electron chi connectivity index (χ1n) is 6.25. The number of urea groups is 1. The lowest BCUT2D eigenvalue weighted by molar-refractivity contribution is -0.137. The number of rotatable bonds is 8. The SMILES string of the molecule is CCC(C)CN(CC)C(=O)NCCCC(=O)O. The molecule has 0 heterocycles. The molecule has 1 unspecified atom stereocenters. The van der Waals surface area contributed by atoms with E-state index < -0.39 is 5.97 Å². The maximum absolute atomic E-state index is 11.7. The Hall–Kier alpha value is -1.26. The first kappa shape index (κ1) is 15.7. The van der Waals surface area contributed by atoms with E-state index in [9.17, 15) is 9.59 Å². The van der Waals surface area contributed by atoms with Crippen LogP contribution in [0.3, 0.4) is 0 Å². The van der Waals surface area contributed by atoms with Crippen LogP contribution in [-0.4, -0.2) is 41.6 Å². The fourth-order valence-corrected chi connectivity index (χ4v) is 1.41. The third-order valence-electron chi connectivity index (χ3n) is 2.74. The van der Waals surface area contributed by atoms with Gasteiger partial charge in [-0.1, -0.05) is 20.3 Å². The van der Waals surface area contributed by atoms with Gasteiger partial charge in [-0.25, -0.2) is 4.79 Å². The molecule has 0 aromatic heterocycles. The Kier molecular flexibility index (Phi) is 8.19. The summed E-state index contributed by atoms with van der Waals surface area (Å²) in [6.45, 7) is 8.00. The van der Waals surface area contributed by atoms with E-state index >= 15 is 0 Å². The van der Waals surface area contributed by atoms with E-state index in [0.717, 1.165) is 13.0 Å². The molecule has 0 aromatic carbocycles. The van der Waals surface area contributed by atoms with Gasteiger partial charge in [-0.05, 0) is 19.3 Å². The Bertz CT molecular complexity index is 244. The molecule has 5 nitrogen and oxygen atoms in total. The van der Waals surface area contributed by atoms with Crippen molar-refractivity contribution < 1.29 is 14.7 Å². The van der Waals surface area contributed by atoms with Crippen molar-refractivity contribution >= 4 is 12.0 Å². The van der Waals surface area contributed by atoms with Crippen LogP contribution in [0.15, 0.2) is 0 Å². The summed E-state index contributed by atoms with van der Waals surface area (Å²) < 4.78 is 0. The molecule has 0 saturated heterocycles. The highest BCUT2D eigenvalue weighted by Crippen LogP contribution is 2.04. The molecule has 0 fully saturated rings. The second kappa shape index (κ2) is 8.84. The maximum atomic E-state index is 11.7. The van der Waals surface area contributed by atoms with E-state index in [4.69, 9.17) is 5.11 Å². The first-order valence-corrected chi connectivity index (χ1v) is 6.25. The van der Waals surface area contributed by atoms with E-state index in [-0.39, 0.29) is 12.5 Å². The molecule has 0 bridgehead atoms. The smallest absolute Gasteiger partial charge is 0.317 e. The summed E-state index contributed by atoms with van der Waals surface area (Å²) in [5, 5.41) is 11.2. The zero-order valence-electron chi connectivity index (χ0n) is 11.0. The lowest BCUT2D eigenvalue weighted by atomic mass is 10.1. The van der Waals surface area contributed by atoms with Gasteiger partial charge >= 0.3 is 12.0 Å². The van der Waals surface area contributed by atoms with E-state index in [2.05, 4.69) is 19.2 Å². The van der Waals surface area contributed by atoms with Crippen molar-refractivity contribution in [3.05, 3.63) is 0 Å². The second-order valence-electron chi connectivity index (χ2n) is 4.28. The number of carbonyl (C=O) groups excluding carboxylic acids is 1. The second-order valence-corrected chi connectivity index (χ2v) is 4.28. The van der Waals surface area contributed by atoms with Gasteiger partial charge in [0.2, 0.25) is 0 Å². The molecular formula is C12H24N2O3. The van der Waals surface area contributed by atoms with Crippen LogP contribution in [0.25, 0.3) is 0 Å². The molecule has 0 saturated carbocycles. The van der Waals surface area contributed by atoms with Crippen molar-refractivity contribution in [2.75, 3.05) is 19.6 Å². The van der Waals surface area contributed by atoms with Gasteiger partial charge in [0, 0.05) is 26.1 Å². The molecule has 0 aliphatic heterocycles. The van der Waals surface area contributed by atoms with Gasteiger partial charge in [-0.2, -0.15) is 0 Å². The fourth-order valence-electron chi connectivity index (χ4n) is 1.41. The highest BCUT2D eigenvalue weighted by molar-refractivity contribution is 5.74. The molecule has 0 aliphatic carbocycles. The van der Waals surface area contributed by atoms with Gasteiger partial charge in [0.15, 0.2) is 0 Å². The number of carbonyl (C=O) groups is 2. The number of nitrogens with one attached hydrogen (secondary N) is 1. The fraction of sp³-hybridized carbons (Fsp3) is 0.833. The highest BCUT2D eigenvalue weighted by atomic mass is 16.4. The minimum absolute atomic E-state index is 0.0950. The molecule has 1 atom stereocenters. The van der Waals surface area contributed by atoms with E-state index in [1.807, 2.05) is 6.92 Å². The quantitative estimate of drug-likeness (QED) is 0.641. The lowest BCUT2D eigenvalue weighted by Crippen LogP contribution is -2.42. The Morgan fingerprint density at radius 1 is 1.35 bits per heavy atom. The van der Waals surface area contributed by atoms with Gasteiger partial charge in [-0.3, -0.25) is 4.79 Å². The molecule has 17 heavy (non-hydrogen) atoms. The summed E-state index contributed by atoms with van der Waals surface area (Å²) in [4.78, 5) is 23.8. The average Bonchev–Trinajstić information content (AvgIpc) is 2.30. The van der Waals surface area contributed by atoms with Gasteiger partial charge in [-0.15, -0.1) is 0 Å². The molecular weight excluding hydrogens is 220 g/mol. The predicted octanol–water partition coefficient (Wildman–Crippen LogP) is 1.93. The van der Waals surface area contributed by atoms with Gasteiger partial charge in [0.1, 0.15) is 0 Å². The predicted molar refractivity (Wildman–Crippen MR) is 67.0 cm³/mol. The Morgan fingerprint density at radius 2 is 2.00 bits per heavy atom. The summed E-state index contributed by atoms with van der Waals surface area (Å²) in [6.07, 6.45) is 1.61. The number of hydrogen-bond donors (Lipinski definition) is 2. The first-order chi connectivity index (χ1) is 8.01. The Morgan fingerprint density at radius 3 is 2.47 bits per heavy atom. The van der Waals surface area contributed by atoms with Gasteiger partial charge in [0.25, 0.3) is 0 Å². The van der Waals surface area contributed by atoms with Crippen molar-refractivity contribution in [3.8, 4) is 0 Å². The molecule has 0 aromatic rings. The summed E-state index contributed by atoms with van der Waals surface area (Å²) in [5.74, 6) is -0.342. The Balaban J connectivity index is 3.87. The van der Waals surface area contributed by atoms with Crippen molar-refractivity contribution in [2.45, 2.75) is 40.0 Å². The largest absolute Gasteiger partial charge is 0.481 e. The number of aliphatic carboxylic acids is 1. The topological polar surface area (TPSA) is 69.6 Å². The number of amides is 2. The molecule has 0 spiro atoms. The van der Waals surface area contributed by atoms with Crippen LogP contribution in [0.5, 0.6) is 0 Å². The number of nitrogens with zero attached hydrogens (tertiary/aromatic N) is 1. The molecule has 2 amide bonds.